The molecular formula is C8H18O3. The number of ether oxygens (including phenoxy) is 2. The third-order valence-electron chi connectivity index (χ3n) is 1.24. The van der Waals surface area contributed by atoms with Crippen molar-refractivity contribution in [2.75, 3.05) is 20.3 Å². The third kappa shape index (κ3) is 6.28. The summed E-state index contributed by atoms with van der Waals surface area (Å²) in [7, 11) is 1.56. The first-order chi connectivity index (χ1) is 4.99. The SMILES string of the molecule is COC(CO)COC(C)(C)C. The van der Waals surface area contributed by atoms with E-state index in [4.69, 9.17) is 14.6 Å². The van der Waals surface area contributed by atoms with Gasteiger partial charge in [0.2, 0.25) is 0 Å². The number of hydrogen-bond donors (Lipinski definition) is 1. The van der Waals surface area contributed by atoms with Crippen molar-refractivity contribution in [3.63, 3.8) is 0 Å². The number of methoxy groups -OCH3 is 1. The van der Waals surface area contributed by atoms with Crippen LogP contribution < -0.4 is 0 Å². The molecule has 0 fully saturated rings. The Balaban J connectivity index is 3.51. The predicted octanol–water partition coefficient (Wildman–Crippen LogP) is 0.809. The first-order valence-electron chi connectivity index (χ1n) is 3.77. The standard InChI is InChI=1S/C8H18O3/c1-8(2,3)11-6-7(5-9)10-4/h7,9H,5-6H2,1-4H3. The van der Waals surface area contributed by atoms with Gasteiger partial charge in [0.05, 0.1) is 18.8 Å². The van der Waals surface area contributed by atoms with Gasteiger partial charge in [0.15, 0.2) is 0 Å². The van der Waals surface area contributed by atoms with Crippen molar-refractivity contribution in [1.82, 2.24) is 0 Å². The topological polar surface area (TPSA) is 38.7 Å². The van der Waals surface area contributed by atoms with E-state index in [9.17, 15) is 0 Å². The Hall–Kier alpha value is -0.120. The van der Waals surface area contributed by atoms with Crippen LogP contribution in [0.3, 0.4) is 0 Å². The lowest BCUT2D eigenvalue weighted by Gasteiger charge is -2.22. The highest BCUT2D eigenvalue weighted by atomic mass is 16.5. The lowest BCUT2D eigenvalue weighted by molar-refractivity contribution is -0.0744. The van der Waals surface area contributed by atoms with Gasteiger partial charge in [-0.25, -0.2) is 0 Å². The smallest absolute Gasteiger partial charge is 0.103 e. The fourth-order valence-electron chi connectivity index (χ4n) is 0.538. The zero-order valence-electron chi connectivity index (χ0n) is 7.76. The van der Waals surface area contributed by atoms with E-state index in [0.717, 1.165) is 0 Å². The molecule has 1 unspecified atom stereocenters. The summed E-state index contributed by atoms with van der Waals surface area (Å²) in [6.07, 6.45) is -0.200. The summed E-state index contributed by atoms with van der Waals surface area (Å²) in [5.41, 5.74) is -0.161. The van der Waals surface area contributed by atoms with Gasteiger partial charge in [-0.2, -0.15) is 0 Å². The second-order valence-electron chi connectivity index (χ2n) is 3.46. The molecule has 0 saturated heterocycles. The van der Waals surface area contributed by atoms with Crippen molar-refractivity contribution < 1.29 is 14.6 Å². The van der Waals surface area contributed by atoms with E-state index >= 15 is 0 Å². The van der Waals surface area contributed by atoms with Gasteiger partial charge in [0.25, 0.3) is 0 Å². The van der Waals surface area contributed by atoms with E-state index in [-0.39, 0.29) is 18.3 Å². The summed E-state index contributed by atoms with van der Waals surface area (Å²) in [4.78, 5) is 0. The molecule has 1 atom stereocenters. The summed E-state index contributed by atoms with van der Waals surface area (Å²) >= 11 is 0. The molecule has 0 aliphatic rings. The Kier molecular flexibility index (Phi) is 4.65. The maximum Gasteiger partial charge on any atom is 0.103 e. The highest BCUT2D eigenvalue weighted by Crippen LogP contribution is 2.07. The molecule has 0 saturated carbocycles. The quantitative estimate of drug-likeness (QED) is 0.664. The van der Waals surface area contributed by atoms with Gasteiger partial charge in [0.1, 0.15) is 6.10 Å². The van der Waals surface area contributed by atoms with Crippen LogP contribution in [0.1, 0.15) is 20.8 Å². The van der Waals surface area contributed by atoms with Gasteiger partial charge >= 0.3 is 0 Å². The normalized spacial score (nSPS) is 15.0. The largest absolute Gasteiger partial charge is 0.394 e. The molecular weight excluding hydrogens is 144 g/mol. The molecule has 1 N–H and O–H groups in total. The Bertz CT molecular complexity index is 92.0. The highest BCUT2D eigenvalue weighted by Gasteiger charge is 2.13. The molecule has 0 radical (unpaired) electrons. The van der Waals surface area contributed by atoms with E-state index in [0.29, 0.717) is 6.61 Å². The maximum absolute atomic E-state index is 8.72. The van der Waals surface area contributed by atoms with Crippen LogP contribution in [0.25, 0.3) is 0 Å². The summed E-state index contributed by atoms with van der Waals surface area (Å²) in [5.74, 6) is 0. The Morgan fingerprint density at radius 2 is 1.91 bits per heavy atom. The summed E-state index contributed by atoms with van der Waals surface area (Å²) in [6.45, 7) is 6.36. The Morgan fingerprint density at radius 1 is 1.36 bits per heavy atom. The fraction of sp³-hybridized carbons (Fsp3) is 1.00. The molecule has 11 heavy (non-hydrogen) atoms. The minimum Gasteiger partial charge on any atom is -0.394 e. The zero-order chi connectivity index (χ0) is 8.91. The molecule has 0 rings (SSSR count). The van der Waals surface area contributed by atoms with E-state index in [1.807, 2.05) is 20.8 Å². The molecule has 3 nitrogen and oxygen atoms in total. The summed E-state index contributed by atoms with van der Waals surface area (Å²) in [6, 6.07) is 0. The highest BCUT2D eigenvalue weighted by molar-refractivity contribution is 4.61. The molecule has 0 aliphatic heterocycles. The molecule has 0 aromatic heterocycles. The van der Waals surface area contributed by atoms with Gasteiger partial charge in [-0.1, -0.05) is 0 Å². The zero-order valence-corrected chi connectivity index (χ0v) is 7.76. The average Bonchev–Trinajstić information content (AvgIpc) is 1.88. The van der Waals surface area contributed by atoms with Gasteiger partial charge in [0, 0.05) is 7.11 Å². The van der Waals surface area contributed by atoms with Crippen molar-refractivity contribution in [3.8, 4) is 0 Å². The minimum atomic E-state index is -0.200. The van der Waals surface area contributed by atoms with Crippen molar-refractivity contribution >= 4 is 0 Å². The van der Waals surface area contributed by atoms with Crippen LogP contribution in [0.2, 0.25) is 0 Å². The first-order valence-corrected chi connectivity index (χ1v) is 3.77. The van der Waals surface area contributed by atoms with Gasteiger partial charge < -0.3 is 14.6 Å². The van der Waals surface area contributed by atoms with Crippen molar-refractivity contribution in [3.05, 3.63) is 0 Å². The number of aliphatic hydroxyl groups is 1. The summed E-state index contributed by atoms with van der Waals surface area (Å²) in [5, 5.41) is 8.72. The Morgan fingerprint density at radius 3 is 2.18 bits per heavy atom. The van der Waals surface area contributed by atoms with Crippen LogP contribution in [0.4, 0.5) is 0 Å². The van der Waals surface area contributed by atoms with Crippen LogP contribution in [-0.4, -0.2) is 37.1 Å². The molecule has 0 aliphatic carbocycles. The minimum absolute atomic E-state index is 0.00653. The monoisotopic (exact) mass is 162 g/mol. The predicted molar refractivity (Wildman–Crippen MR) is 43.6 cm³/mol. The van der Waals surface area contributed by atoms with E-state index in [1.54, 1.807) is 7.11 Å². The van der Waals surface area contributed by atoms with Crippen molar-refractivity contribution in [1.29, 1.82) is 0 Å². The number of rotatable bonds is 4. The third-order valence-corrected chi connectivity index (χ3v) is 1.24. The van der Waals surface area contributed by atoms with E-state index < -0.39 is 0 Å². The molecule has 0 spiro atoms. The van der Waals surface area contributed by atoms with E-state index in [2.05, 4.69) is 0 Å². The molecule has 0 aromatic rings. The summed E-state index contributed by atoms with van der Waals surface area (Å²) < 4.78 is 10.3. The Labute approximate surface area is 68.3 Å². The van der Waals surface area contributed by atoms with E-state index in [1.165, 1.54) is 0 Å². The first kappa shape index (κ1) is 10.9. The second kappa shape index (κ2) is 4.70. The van der Waals surface area contributed by atoms with Gasteiger partial charge in [-0.15, -0.1) is 0 Å². The molecule has 3 heteroatoms. The van der Waals surface area contributed by atoms with Crippen LogP contribution in [-0.2, 0) is 9.47 Å². The fourth-order valence-corrected chi connectivity index (χ4v) is 0.538. The van der Waals surface area contributed by atoms with Crippen molar-refractivity contribution in [2.45, 2.75) is 32.5 Å². The average molecular weight is 162 g/mol. The molecule has 0 bridgehead atoms. The second-order valence-corrected chi connectivity index (χ2v) is 3.46. The van der Waals surface area contributed by atoms with Crippen LogP contribution in [0.15, 0.2) is 0 Å². The van der Waals surface area contributed by atoms with Crippen LogP contribution in [0, 0.1) is 0 Å². The molecule has 0 aromatic carbocycles. The lowest BCUT2D eigenvalue weighted by atomic mass is 10.2. The number of aliphatic hydroxyl groups excluding tert-OH is 1. The maximum atomic E-state index is 8.72. The number of hydrogen-bond acceptors (Lipinski definition) is 3. The van der Waals surface area contributed by atoms with Gasteiger partial charge in [-0.05, 0) is 20.8 Å². The van der Waals surface area contributed by atoms with Gasteiger partial charge in [-0.3, -0.25) is 0 Å². The molecule has 0 heterocycles. The van der Waals surface area contributed by atoms with Crippen LogP contribution in [0.5, 0.6) is 0 Å². The molecule has 68 valence electrons. The lowest BCUT2D eigenvalue weighted by Crippen LogP contribution is -2.29. The molecule has 0 amide bonds. The van der Waals surface area contributed by atoms with Crippen LogP contribution >= 0.6 is 0 Å². The van der Waals surface area contributed by atoms with Crippen molar-refractivity contribution in [2.24, 2.45) is 0 Å².